The van der Waals surface area contributed by atoms with Crippen molar-refractivity contribution in [3.63, 3.8) is 0 Å². The average Bonchev–Trinajstić information content (AvgIpc) is 3.33. The summed E-state index contributed by atoms with van der Waals surface area (Å²) in [5, 5.41) is 0.663. The molecule has 2 aliphatic rings. The summed E-state index contributed by atoms with van der Waals surface area (Å²) in [6.07, 6.45) is 7.95. The Bertz CT molecular complexity index is 1220. The molecule has 2 N–H and O–H groups in total. The van der Waals surface area contributed by atoms with Crippen LogP contribution in [0.15, 0.2) is 42.5 Å². The van der Waals surface area contributed by atoms with Gasteiger partial charge in [0.25, 0.3) is 0 Å². The zero-order valence-electron chi connectivity index (χ0n) is 14.4. The maximum absolute atomic E-state index is 6.35. The zero-order valence-corrected chi connectivity index (χ0v) is 18.1. The summed E-state index contributed by atoms with van der Waals surface area (Å²) in [5.41, 5.74) is 7.31. The largest absolute Gasteiger partial charge is 0.355 e. The Morgan fingerprint density at radius 3 is 1.67 bits per heavy atom. The Kier molecular flexibility index (Phi) is 6.11. The molecule has 3 aromatic heterocycles. The molecule has 0 amide bonds. The molecule has 3 aromatic rings. The third-order valence-electron chi connectivity index (χ3n) is 4.12. The van der Waals surface area contributed by atoms with E-state index in [1.165, 1.54) is 0 Å². The summed E-state index contributed by atoms with van der Waals surface area (Å²) in [6.45, 7) is 0. The van der Waals surface area contributed by atoms with Crippen molar-refractivity contribution in [2.45, 2.75) is 0 Å². The number of hydrogen-bond acceptors (Lipinski definition) is 2. The number of nitrogens with zero attached hydrogens (tertiary/aromatic N) is 2. The molecule has 4 nitrogen and oxygen atoms in total. The molecule has 0 saturated heterocycles. The molecule has 27 heavy (non-hydrogen) atoms. The van der Waals surface area contributed by atoms with Gasteiger partial charge < -0.3 is 9.97 Å². The fraction of sp³-hybridized carbons (Fsp3) is 0. The first kappa shape index (κ1) is 20.2. The van der Waals surface area contributed by atoms with Crippen LogP contribution in [-0.4, -0.2) is 49.5 Å². The second-order valence-electron chi connectivity index (χ2n) is 6.02. The number of hydrogen-bond donors (Lipinski definition) is 2. The second kappa shape index (κ2) is 8.19. The quantitative estimate of drug-likeness (QED) is 0.342. The number of rotatable bonds is 0. The number of nitrogens with one attached hydrogen (secondary N) is 2. The Morgan fingerprint density at radius 2 is 1.11 bits per heavy atom. The van der Waals surface area contributed by atoms with Gasteiger partial charge in [-0.3, -0.25) is 0 Å². The molecule has 0 spiro atoms. The minimum atomic E-state index is 0. The van der Waals surface area contributed by atoms with Gasteiger partial charge in [-0.1, -0.05) is 11.6 Å². The van der Waals surface area contributed by atoms with Crippen LogP contribution in [0.5, 0.6) is 0 Å². The van der Waals surface area contributed by atoms with Gasteiger partial charge >= 0.3 is 0 Å². The summed E-state index contributed by atoms with van der Waals surface area (Å²) < 4.78 is 0. The Hall–Kier alpha value is -1.59. The van der Waals surface area contributed by atoms with E-state index in [2.05, 4.69) is 19.9 Å². The molecule has 5 rings (SSSR count). The molecule has 0 aliphatic carbocycles. The van der Waals surface area contributed by atoms with Gasteiger partial charge in [0, 0.05) is 63.2 Å². The first-order chi connectivity index (χ1) is 12.2. The van der Waals surface area contributed by atoms with Gasteiger partial charge in [-0.2, -0.15) is 0 Å². The number of aromatic amines is 2. The van der Waals surface area contributed by atoms with Crippen LogP contribution in [0.2, 0.25) is 5.02 Å². The Morgan fingerprint density at radius 1 is 0.630 bits per heavy atom. The van der Waals surface area contributed by atoms with E-state index >= 15 is 0 Å². The topological polar surface area (TPSA) is 57.4 Å². The number of H-pyrrole nitrogens is 2. The first-order valence-electron chi connectivity index (χ1n) is 7.95. The summed E-state index contributed by atoms with van der Waals surface area (Å²) in [7, 11) is 0. The van der Waals surface area contributed by atoms with Crippen LogP contribution in [0, 0.1) is 0 Å². The normalized spacial score (nSPS) is 11.7. The molecule has 0 fully saturated rings. The van der Waals surface area contributed by atoms with Crippen LogP contribution < -0.4 is 0 Å². The van der Waals surface area contributed by atoms with Gasteiger partial charge in [-0.25, -0.2) is 9.97 Å². The summed E-state index contributed by atoms with van der Waals surface area (Å²) in [5.74, 6) is 0. The van der Waals surface area contributed by atoms with E-state index in [4.69, 9.17) is 11.6 Å². The molecule has 0 atom stereocenters. The molecule has 2 aliphatic heterocycles. The molecule has 7 heteroatoms. The molecular formula is C20H13ClCuN4Na. The van der Waals surface area contributed by atoms with Crippen molar-refractivity contribution in [3.05, 3.63) is 70.3 Å². The van der Waals surface area contributed by atoms with E-state index < -0.39 is 0 Å². The van der Waals surface area contributed by atoms with Crippen LogP contribution >= 0.6 is 11.6 Å². The fourth-order valence-electron chi connectivity index (χ4n) is 2.98. The van der Waals surface area contributed by atoms with E-state index in [-0.39, 0.29) is 46.6 Å². The van der Waals surface area contributed by atoms with E-state index in [0.717, 1.165) is 44.8 Å². The predicted octanol–water partition coefficient (Wildman–Crippen LogP) is 4.93. The maximum atomic E-state index is 6.35. The molecular weight excluding hydrogens is 418 g/mol. The van der Waals surface area contributed by atoms with Crippen molar-refractivity contribution in [1.82, 2.24) is 19.9 Å². The zero-order chi connectivity index (χ0) is 16.8. The van der Waals surface area contributed by atoms with Crippen molar-refractivity contribution in [3.8, 4) is 0 Å². The van der Waals surface area contributed by atoms with Gasteiger partial charge in [0.1, 0.15) is 0 Å². The van der Waals surface area contributed by atoms with Crippen LogP contribution in [-0.2, 0) is 17.1 Å². The van der Waals surface area contributed by atoms with Crippen LogP contribution in [0.4, 0.5) is 0 Å². The first-order valence-corrected chi connectivity index (χ1v) is 8.33. The maximum Gasteiger partial charge on any atom is 0.0662 e. The number of halogens is 1. The molecule has 0 unspecified atom stereocenters. The van der Waals surface area contributed by atoms with Crippen molar-refractivity contribution in [1.29, 1.82) is 0 Å². The van der Waals surface area contributed by atoms with Crippen LogP contribution in [0.1, 0.15) is 22.8 Å². The van der Waals surface area contributed by atoms with Crippen molar-refractivity contribution in [2.24, 2.45) is 0 Å². The fourth-order valence-corrected chi connectivity index (χ4v) is 3.20. The van der Waals surface area contributed by atoms with Gasteiger partial charge in [0.05, 0.1) is 33.3 Å². The standard InChI is InChI=1S/C20H13ClN4.Cu.Na/c21-19-10-18-9-16-4-3-14(23-16)7-12-1-2-13(22-12)8-15-5-6-17(24-15)11-20(19)25-18;;/h1-11,22,25H;;. The summed E-state index contributed by atoms with van der Waals surface area (Å²) in [4.78, 5) is 15.9. The summed E-state index contributed by atoms with van der Waals surface area (Å²) >= 11 is 6.35. The molecule has 2 radical (unpaired) electrons. The van der Waals surface area contributed by atoms with Crippen molar-refractivity contribution < 1.29 is 17.1 Å². The van der Waals surface area contributed by atoms with Crippen molar-refractivity contribution >= 4 is 87.5 Å². The Labute approximate surface area is 193 Å². The number of aromatic nitrogens is 4. The third kappa shape index (κ3) is 4.30. The van der Waals surface area contributed by atoms with Gasteiger partial charge in [-0.05, 0) is 66.8 Å². The van der Waals surface area contributed by atoms with Crippen LogP contribution in [0.25, 0.3) is 46.4 Å². The van der Waals surface area contributed by atoms with E-state index in [1.54, 1.807) is 0 Å². The molecule has 132 valence electrons. The average molecular weight is 431 g/mol. The Balaban J connectivity index is 0.00000105. The summed E-state index contributed by atoms with van der Waals surface area (Å²) in [6, 6.07) is 13.9. The molecule has 5 heterocycles. The van der Waals surface area contributed by atoms with Crippen molar-refractivity contribution in [2.75, 3.05) is 0 Å². The van der Waals surface area contributed by atoms with E-state index in [9.17, 15) is 0 Å². The van der Waals surface area contributed by atoms with Crippen LogP contribution in [0.3, 0.4) is 0 Å². The molecule has 0 aromatic carbocycles. The third-order valence-corrected chi connectivity index (χ3v) is 4.43. The SMILES string of the molecule is Clc1cc2cc3nc(cc4ccc(cc5nc(cc1[nH]2)C=C5)[nH]4)C=C3.[Cu].[Na]. The number of fused-ring (bicyclic) bond motifs is 8. The van der Waals surface area contributed by atoms with Gasteiger partial charge in [-0.15, -0.1) is 0 Å². The minimum Gasteiger partial charge on any atom is -0.355 e. The molecule has 8 bridgehead atoms. The minimum absolute atomic E-state index is 0. The van der Waals surface area contributed by atoms with E-state index in [1.807, 2.05) is 66.8 Å². The predicted molar refractivity (Wildman–Crippen MR) is 110 cm³/mol. The molecule has 0 saturated carbocycles. The van der Waals surface area contributed by atoms with Gasteiger partial charge in [0.2, 0.25) is 0 Å². The van der Waals surface area contributed by atoms with E-state index in [0.29, 0.717) is 5.02 Å². The van der Waals surface area contributed by atoms with Gasteiger partial charge in [0.15, 0.2) is 0 Å². The monoisotopic (exact) mass is 430 g/mol. The second-order valence-corrected chi connectivity index (χ2v) is 6.43. The smallest absolute Gasteiger partial charge is 0.0662 e.